The van der Waals surface area contributed by atoms with Gasteiger partial charge in [0, 0.05) is 11.5 Å². The van der Waals surface area contributed by atoms with Crippen LogP contribution < -0.4 is 5.32 Å². The second-order valence-electron chi connectivity index (χ2n) is 5.49. The minimum atomic E-state index is -1.19. The van der Waals surface area contributed by atoms with Gasteiger partial charge in [-0.05, 0) is 18.2 Å². The summed E-state index contributed by atoms with van der Waals surface area (Å²) in [7, 11) is 0. The summed E-state index contributed by atoms with van der Waals surface area (Å²) in [5.74, 6) is -0.121. The molecule has 1 amide bonds. The normalized spacial score (nSPS) is 11.4. The number of hydrogen-bond donors (Lipinski definition) is 2. The predicted octanol–water partition coefficient (Wildman–Crippen LogP) is 3.40. The molecule has 0 aliphatic rings. The van der Waals surface area contributed by atoms with E-state index in [0.29, 0.717) is 11.4 Å². The van der Waals surface area contributed by atoms with Crippen molar-refractivity contribution in [3.05, 3.63) is 41.8 Å². The van der Waals surface area contributed by atoms with Crippen molar-refractivity contribution in [1.82, 2.24) is 9.78 Å². The Bertz CT molecular complexity index is 644. The number of carboxylic acid groups (broad SMARTS) is 1. The van der Waals surface area contributed by atoms with E-state index in [1.807, 2.05) is 20.8 Å². The molecule has 5 nitrogen and oxygen atoms in total. The van der Waals surface area contributed by atoms with Crippen molar-refractivity contribution in [3.8, 4) is 5.69 Å². The smallest absolute Gasteiger partial charge is 0.410 e. The molecule has 6 heteroatoms. The Hall–Kier alpha value is -2.37. The van der Waals surface area contributed by atoms with Gasteiger partial charge in [0.1, 0.15) is 11.6 Å². The van der Waals surface area contributed by atoms with Gasteiger partial charge in [-0.3, -0.25) is 5.32 Å². The van der Waals surface area contributed by atoms with Crippen LogP contribution in [-0.2, 0) is 5.41 Å². The van der Waals surface area contributed by atoms with Gasteiger partial charge >= 0.3 is 6.09 Å². The monoisotopic (exact) mass is 277 g/mol. The van der Waals surface area contributed by atoms with Crippen LogP contribution in [0.4, 0.5) is 15.0 Å². The van der Waals surface area contributed by atoms with Crippen molar-refractivity contribution in [2.45, 2.75) is 26.2 Å². The zero-order valence-electron chi connectivity index (χ0n) is 11.5. The Morgan fingerprint density at radius 3 is 2.60 bits per heavy atom. The fraction of sp³-hybridized carbons (Fsp3) is 0.286. The van der Waals surface area contributed by atoms with E-state index >= 15 is 0 Å². The first-order valence-electron chi connectivity index (χ1n) is 6.14. The van der Waals surface area contributed by atoms with E-state index in [4.69, 9.17) is 5.11 Å². The zero-order chi connectivity index (χ0) is 14.9. The van der Waals surface area contributed by atoms with Crippen LogP contribution in [0.3, 0.4) is 0 Å². The number of anilines is 1. The van der Waals surface area contributed by atoms with Crippen molar-refractivity contribution < 1.29 is 14.3 Å². The lowest BCUT2D eigenvalue weighted by atomic mass is 9.92. The number of aromatic nitrogens is 2. The largest absolute Gasteiger partial charge is 0.465 e. The molecule has 20 heavy (non-hydrogen) atoms. The van der Waals surface area contributed by atoms with Crippen molar-refractivity contribution in [2.75, 3.05) is 5.32 Å². The van der Waals surface area contributed by atoms with Crippen LogP contribution in [0.5, 0.6) is 0 Å². The Morgan fingerprint density at radius 2 is 2.05 bits per heavy atom. The number of nitrogens with one attached hydrogen (secondary N) is 1. The molecule has 2 aromatic rings. The molecule has 0 aliphatic carbocycles. The second-order valence-corrected chi connectivity index (χ2v) is 5.49. The lowest BCUT2D eigenvalue weighted by molar-refractivity contribution is 0.209. The van der Waals surface area contributed by atoms with Gasteiger partial charge in [0.05, 0.1) is 11.4 Å². The number of nitrogens with zero attached hydrogens (tertiary/aromatic N) is 2. The number of amides is 1. The van der Waals surface area contributed by atoms with Crippen LogP contribution in [0.1, 0.15) is 26.5 Å². The van der Waals surface area contributed by atoms with Crippen molar-refractivity contribution in [3.63, 3.8) is 0 Å². The molecule has 1 aromatic heterocycles. The van der Waals surface area contributed by atoms with Crippen molar-refractivity contribution >= 4 is 11.9 Å². The van der Waals surface area contributed by atoms with E-state index < -0.39 is 11.9 Å². The third kappa shape index (κ3) is 2.96. The van der Waals surface area contributed by atoms with E-state index in [2.05, 4.69) is 10.4 Å². The molecule has 0 unspecified atom stereocenters. The fourth-order valence-electron chi connectivity index (χ4n) is 1.75. The van der Waals surface area contributed by atoms with Gasteiger partial charge in [0.2, 0.25) is 0 Å². The van der Waals surface area contributed by atoms with E-state index in [0.717, 1.165) is 0 Å². The summed E-state index contributed by atoms with van der Waals surface area (Å²) in [5, 5.41) is 15.5. The number of benzene rings is 1. The molecule has 0 saturated carbocycles. The quantitative estimate of drug-likeness (QED) is 0.884. The first-order chi connectivity index (χ1) is 9.27. The Morgan fingerprint density at radius 1 is 1.35 bits per heavy atom. The molecule has 0 bridgehead atoms. The fourth-order valence-corrected chi connectivity index (χ4v) is 1.75. The van der Waals surface area contributed by atoms with Gasteiger partial charge in [-0.2, -0.15) is 5.10 Å². The number of hydrogen-bond acceptors (Lipinski definition) is 2. The van der Waals surface area contributed by atoms with Gasteiger partial charge < -0.3 is 5.11 Å². The summed E-state index contributed by atoms with van der Waals surface area (Å²) in [6.07, 6.45) is -1.19. The Labute approximate surface area is 116 Å². The summed E-state index contributed by atoms with van der Waals surface area (Å²) in [5.41, 5.74) is 0.933. The lowest BCUT2D eigenvalue weighted by Crippen LogP contribution is -2.13. The Kier molecular flexibility index (Phi) is 3.48. The molecule has 0 radical (unpaired) electrons. The van der Waals surface area contributed by atoms with E-state index in [1.165, 1.54) is 16.8 Å². The molecular weight excluding hydrogens is 261 g/mol. The van der Waals surface area contributed by atoms with E-state index in [9.17, 15) is 9.18 Å². The number of carbonyl (C=O) groups is 1. The summed E-state index contributed by atoms with van der Waals surface area (Å²) < 4.78 is 14.7. The molecule has 106 valence electrons. The number of rotatable bonds is 2. The third-order valence-corrected chi connectivity index (χ3v) is 2.77. The minimum Gasteiger partial charge on any atom is -0.465 e. The van der Waals surface area contributed by atoms with Crippen molar-refractivity contribution in [2.24, 2.45) is 0 Å². The summed E-state index contributed by atoms with van der Waals surface area (Å²) in [6, 6.07) is 7.48. The van der Waals surface area contributed by atoms with Gasteiger partial charge in [0.15, 0.2) is 0 Å². The summed E-state index contributed by atoms with van der Waals surface area (Å²) in [4.78, 5) is 10.9. The molecule has 2 N–H and O–H groups in total. The van der Waals surface area contributed by atoms with Gasteiger partial charge in [-0.1, -0.05) is 26.8 Å². The van der Waals surface area contributed by atoms with Crippen molar-refractivity contribution in [1.29, 1.82) is 0 Å². The maximum Gasteiger partial charge on any atom is 0.410 e. The molecule has 0 spiro atoms. The second kappa shape index (κ2) is 4.96. The van der Waals surface area contributed by atoms with E-state index in [-0.39, 0.29) is 11.2 Å². The molecule has 0 fully saturated rings. The highest BCUT2D eigenvalue weighted by Gasteiger charge is 2.21. The van der Waals surface area contributed by atoms with Gasteiger partial charge in [0.25, 0.3) is 0 Å². The van der Waals surface area contributed by atoms with Crippen LogP contribution >= 0.6 is 0 Å². The third-order valence-electron chi connectivity index (χ3n) is 2.77. The lowest BCUT2D eigenvalue weighted by Gasteiger charge is -2.14. The maximum absolute atomic E-state index is 13.3. The number of halogens is 1. The molecule has 0 aliphatic heterocycles. The first kappa shape index (κ1) is 14.0. The topological polar surface area (TPSA) is 67.2 Å². The molecule has 0 saturated heterocycles. The molecule has 0 atom stereocenters. The first-order valence-corrected chi connectivity index (χ1v) is 6.14. The maximum atomic E-state index is 13.3. The van der Waals surface area contributed by atoms with E-state index in [1.54, 1.807) is 18.2 Å². The standard InChI is InChI=1S/C14H16FN3O2/c1-14(2,3)11-8-12(16-13(19)20)18(17-11)10-6-4-5-9(15)7-10/h4-8,16H,1-3H3,(H,19,20). The van der Waals surface area contributed by atoms with Crippen LogP contribution in [0, 0.1) is 5.82 Å². The predicted molar refractivity (Wildman–Crippen MR) is 73.9 cm³/mol. The summed E-state index contributed by atoms with van der Waals surface area (Å²) >= 11 is 0. The molecule has 1 aromatic carbocycles. The van der Waals surface area contributed by atoms with Crippen LogP contribution in [0.15, 0.2) is 30.3 Å². The minimum absolute atomic E-state index is 0.243. The average Bonchev–Trinajstić information content (AvgIpc) is 2.71. The van der Waals surface area contributed by atoms with Gasteiger partial charge in [-0.15, -0.1) is 0 Å². The summed E-state index contributed by atoms with van der Waals surface area (Å²) in [6.45, 7) is 5.90. The Balaban J connectivity index is 2.55. The molecule has 2 rings (SSSR count). The average molecular weight is 277 g/mol. The van der Waals surface area contributed by atoms with Crippen LogP contribution in [0.25, 0.3) is 5.69 Å². The highest BCUT2D eigenvalue weighted by molar-refractivity contribution is 5.82. The van der Waals surface area contributed by atoms with Crippen LogP contribution in [-0.4, -0.2) is 21.0 Å². The molecule has 1 heterocycles. The highest BCUT2D eigenvalue weighted by Crippen LogP contribution is 2.26. The highest BCUT2D eigenvalue weighted by atomic mass is 19.1. The SMILES string of the molecule is CC(C)(C)c1cc(NC(=O)O)n(-c2cccc(F)c2)n1. The molecular formula is C14H16FN3O2. The van der Waals surface area contributed by atoms with Crippen LogP contribution in [0.2, 0.25) is 0 Å². The zero-order valence-corrected chi connectivity index (χ0v) is 11.5. The van der Waals surface area contributed by atoms with Gasteiger partial charge in [-0.25, -0.2) is 13.9 Å².